The molecule has 2 rings (SSSR count). The van der Waals surface area contributed by atoms with Crippen LogP contribution in [-0.2, 0) is 4.74 Å². The minimum atomic E-state index is 0.0515. The van der Waals surface area contributed by atoms with E-state index in [-0.39, 0.29) is 18.3 Å². The molecule has 0 unspecified atom stereocenters. The molecule has 0 aliphatic carbocycles. The Hall–Kier alpha value is -1.33. The SMILES string of the molecule is CO[C@@H]1CNCC[C@H]1Oc1ccc(OC(C)C)cn1. The Morgan fingerprint density at radius 2 is 2.16 bits per heavy atom. The fourth-order valence-electron chi connectivity index (χ4n) is 2.11. The molecule has 0 aromatic carbocycles. The number of aromatic nitrogens is 1. The highest BCUT2D eigenvalue weighted by Gasteiger charge is 2.26. The molecule has 2 atom stereocenters. The number of ether oxygens (including phenoxy) is 3. The maximum absolute atomic E-state index is 5.89. The molecule has 1 N–H and O–H groups in total. The Morgan fingerprint density at radius 3 is 2.79 bits per heavy atom. The number of piperidine rings is 1. The van der Waals surface area contributed by atoms with Gasteiger partial charge in [-0.15, -0.1) is 0 Å². The molecule has 0 amide bonds. The molecule has 0 radical (unpaired) electrons. The van der Waals surface area contributed by atoms with Crippen LogP contribution in [0.2, 0.25) is 0 Å². The van der Waals surface area contributed by atoms with Gasteiger partial charge >= 0.3 is 0 Å². The summed E-state index contributed by atoms with van der Waals surface area (Å²) in [6.07, 6.45) is 2.89. The minimum absolute atomic E-state index is 0.0515. The molecule has 0 bridgehead atoms. The van der Waals surface area contributed by atoms with Gasteiger partial charge in [-0.25, -0.2) is 4.98 Å². The van der Waals surface area contributed by atoms with Crippen molar-refractivity contribution in [1.82, 2.24) is 10.3 Å². The first-order chi connectivity index (χ1) is 9.19. The van der Waals surface area contributed by atoms with Gasteiger partial charge in [0.05, 0.1) is 12.3 Å². The van der Waals surface area contributed by atoms with Gasteiger partial charge < -0.3 is 19.5 Å². The van der Waals surface area contributed by atoms with E-state index in [1.165, 1.54) is 0 Å². The zero-order valence-electron chi connectivity index (χ0n) is 11.8. The number of nitrogens with zero attached hydrogens (tertiary/aromatic N) is 1. The van der Waals surface area contributed by atoms with Gasteiger partial charge in [0.1, 0.15) is 18.0 Å². The highest BCUT2D eigenvalue weighted by Crippen LogP contribution is 2.19. The van der Waals surface area contributed by atoms with Crippen molar-refractivity contribution in [3.8, 4) is 11.6 Å². The summed E-state index contributed by atoms with van der Waals surface area (Å²) in [4.78, 5) is 4.27. The van der Waals surface area contributed by atoms with E-state index in [4.69, 9.17) is 14.2 Å². The van der Waals surface area contributed by atoms with Gasteiger partial charge in [-0.3, -0.25) is 0 Å². The molecule has 0 saturated carbocycles. The van der Waals surface area contributed by atoms with Crippen molar-refractivity contribution in [1.29, 1.82) is 0 Å². The maximum Gasteiger partial charge on any atom is 0.213 e. The molecular weight excluding hydrogens is 244 g/mol. The van der Waals surface area contributed by atoms with Crippen LogP contribution in [0.3, 0.4) is 0 Å². The third-order valence-corrected chi connectivity index (χ3v) is 3.02. The molecule has 1 aliphatic rings. The third-order valence-electron chi connectivity index (χ3n) is 3.02. The number of hydrogen-bond acceptors (Lipinski definition) is 5. The molecule has 1 saturated heterocycles. The van der Waals surface area contributed by atoms with Gasteiger partial charge in [0, 0.05) is 19.7 Å². The monoisotopic (exact) mass is 266 g/mol. The largest absolute Gasteiger partial charge is 0.489 e. The lowest BCUT2D eigenvalue weighted by Gasteiger charge is -2.30. The van der Waals surface area contributed by atoms with Crippen LogP contribution in [-0.4, -0.2) is 43.5 Å². The average Bonchev–Trinajstić information content (AvgIpc) is 2.41. The van der Waals surface area contributed by atoms with E-state index >= 15 is 0 Å². The normalized spacial score (nSPS) is 23.4. The highest BCUT2D eigenvalue weighted by atomic mass is 16.5. The van der Waals surface area contributed by atoms with Gasteiger partial charge in [0.2, 0.25) is 5.88 Å². The number of methoxy groups -OCH3 is 1. The van der Waals surface area contributed by atoms with Crippen LogP contribution in [0.25, 0.3) is 0 Å². The second-order valence-electron chi connectivity index (χ2n) is 4.92. The molecule has 1 aliphatic heterocycles. The average molecular weight is 266 g/mol. The molecule has 2 heterocycles. The fourth-order valence-corrected chi connectivity index (χ4v) is 2.11. The van der Waals surface area contributed by atoms with Crippen LogP contribution in [0.15, 0.2) is 18.3 Å². The molecular formula is C14H22N2O3. The molecule has 1 fully saturated rings. The zero-order chi connectivity index (χ0) is 13.7. The van der Waals surface area contributed by atoms with Crippen LogP contribution in [0.5, 0.6) is 11.6 Å². The molecule has 0 spiro atoms. The van der Waals surface area contributed by atoms with E-state index in [1.54, 1.807) is 13.3 Å². The molecule has 1 aromatic rings. The summed E-state index contributed by atoms with van der Waals surface area (Å²) >= 11 is 0. The lowest BCUT2D eigenvalue weighted by molar-refractivity contribution is -0.0160. The lowest BCUT2D eigenvalue weighted by atomic mass is 10.1. The Labute approximate surface area is 114 Å². The highest BCUT2D eigenvalue weighted by molar-refractivity contribution is 5.23. The summed E-state index contributed by atoms with van der Waals surface area (Å²) in [6, 6.07) is 3.72. The standard InChI is InChI=1S/C14H22N2O3/c1-10(2)18-11-4-5-14(16-8-11)19-12-6-7-15-9-13(12)17-3/h4-5,8,10,12-13,15H,6-7,9H2,1-3H3/t12-,13-/m1/s1. The maximum atomic E-state index is 5.89. The van der Waals surface area contributed by atoms with Crippen molar-refractivity contribution < 1.29 is 14.2 Å². The molecule has 5 heteroatoms. The van der Waals surface area contributed by atoms with Gasteiger partial charge in [0.15, 0.2) is 0 Å². The topological polar surface area (TPSA) is 52.6 Å². The van der Waals surface area contributed by atoms with Gasteiger partial charge in [-0.2, -0.15) is 0 Å². The van der Waals surface area contributed by atoms with Gasteiger partial charge in [-0.05, 0) is 32.9 Å². The van der Waals surface area contributed by atoms with E-state index in [9.17, 15) is 0 Å². The van der Waals surface area contributed by atoms with E-state index < -0.39 is 0 Å². The van der Waals surface area contributed by atoms with E-state index in [1.807, 2.05) is 26.0 Å². The van der Waals surface area contributed by atoms with E-state index in [0.717, 1.165) is 25.3 Å². The van der Waals surface area contributed by atoms with Crippen LogP contribution in [0.4, 0.5) is 0 Å². The van der Waals surface area contributed by atoms with Gasteiger partial charge in [0.25, 0.3) is 0 Å². The van der Waals surface area contributed by atoms with Crippen molar-refractivity contribution in [2.75, 3.05) is 20.2 Å². The third kappa shape index (κ3) is 4.08. The van der Waals surface area contributed by atoms with Crippen LogP contribution < -0.4 is 14.8 Å². The van der Waals surface area contributed by atoms with E-state index in [2.05, 4.69) is 10.3 Å². The van der Waals surface area contributed by atoms with Crippen molar-refractivity contribution in [2.45, 2.75) is 38.6 Å². The predicted molar refractivity (Wildman–Crippen MR) is 72.7 cm³/mol. The summed E-state index contributed by atoms with van der Waals surface area (Å²) in [5.41, 5.74) is 0. The Morgan fingerprint density at radius 1 is 1.32 bits per heavy atom. The quantitative estimate of drug-likeness (QED) is 0.877. The van der Waals surface area contributed by atoms with Gasteiger partial charge in [-0.1, -0.05) is 0 Å². The first-order valence-corrected chi connectivity index (χ1v) is 6.72. The molecule has 19 heavy (non-hydrogen) atoms. The van der Waals surface area contributed by atoms with Crippen molar-refractivity contribution in [3.63, 3.8) is 0 Å². The van der Waals surface area contributed by atoms with Crippen LogP contribution >= 0.6 is 0 Å². The predicted octanol–water partition coefficient (Wildman–Crippen LogP) is 1.62. The summed E-state index contributed by atoms with van der Waals surface area (Å²) in [5, 5.41) is 3.29. The lowest BCUT2D eigenvalue weighted by Crippen LogP contribution is -2.47. The van der Waals surface area contributed by atoms with Crippen molar-refractivity contribution in [3.05, 3.63) is 18.3 Å². The second-order valence-corrected chi connectivity index (χ2v) is 4.92. The van der Waals surface area contributed by atoms with Crippen LogP contribution in [0.1, 0.15) is 20.3 Å². The number of nitrogens with one attached hydrogen (secondary N) is 1. The zero-order valence-corrected chi connectivity index (χ0v) is 11.8. The smallest absolute Gasteiger partial charge is 0.213 e. The Kier molecular flexibility index (Phi) is 4.99. The summed E-state index contributed by atoms with van der Waals surface area (Å²) in [5.74, 6) is 1.38. The number of hydrogen-bond donors (Lipinski definition) is 1. The first-order valence-electron chi connectivity index (χ1n) is 6.72. The summed E-state index contributed by atoms with van der Waals surface area (Å²) in [7, 11) is 1.71. The van der Waals surface area contributed by atoms with Crippen molar-refractivity contribution in [2.24, 2.45) is 0 Å². The molecule has 1 aromatic heterocycles. The van der Waals surface area contributed by atoms with Crippen molar-refractivity contribution >= 4 is 0 Å². The molecule has 106 valence electrons. The number of pyridine rings is 1. The molecule has 5 nitrogen and oxygen atoms in total. The first kappa shape index (κ1) is 14.1. The number of rotatable bonds is 5. The summed E-state index contributed by atoms with van der Waals surface area (Å²) in [6.45, 7) is 5.74. The van der Waals surface area contributed by atoms with E-state index in [0.29, 0.717) is 5.88 Å². The Balaban J connectivity index is 1.94. The fraction of sp³-hybridized carbons (Fsp3) is 0.643. The van der Waals surface area contributed by atoms with Crippen LogP contribution in [0, 0.1) is 0 Å². The Bertz CT molecular complexity index is 381. The summed E-state index contributed by atoms with van der Waals surface area (Å²) < 4.78 is 16.8. The minimum Gasteiger partial charge on any atom is -0.489 e. The second kappa shape index (κ2) is 6.73.